The van der Waals surface area contributed by atoms with Crippen molar-refractivity contribution >= 4 is 11.9 Å². The van der Waals surface area contributed by atoms with E-state index in [1.807, 2.05) is 6.92 Å². The van der Waals surface area contributed by atoms with Gasteiger partial charge < -0.3 is 10.4 Å². The summed E-state index contributed by atoms with van der Waals surface area (Å²) >= 11 is 0. The minimum atomic E-state index is -1.06. The number of carboxylic acids is 1. The maximum absolute atomic E-state index is 11.9. The molecule has 0 aliphatic carbocycles. The van der Waals surface area contributed by atoms with E-state index in [1.165, 1.54) is 6.92 Å². The summed E-state index contributed by atoms with van der Waals surface area (Å²) in [6.07, 6.45) is 0. The lowest BCUT2D eigenvalue weighted by molar-refractivity contribution is -0.138. The summed E-state index contributed by atoms with van der Waals surface area (Å²) in [7, 11) is 0. The van der Waals surface area contributed by atoms with Crippen molar-refractivity contribution in [3.05, 3.63) is 17.0 Å². The van der Waals surface area contributed by atoms with Gasteiger partial charge in [-0.15, -0.1) is 0 Å². The third kappa shape index (κ3) is 2.64. The Kier molecular flexibility index (Phi) is 3.88. The van der Waals surface area contributed by atoms with Crippen molar-refractivity contribution in [1.82, 2.24) is 15.1 Å². The fourth-order valence-electron chi connectivity index (χ4n) is 1.66. The Bertz CT molecular complexity index is 451. The van der Waals surface area contributed by atoms with E-state index in [0.717, 1.165) is 5.69 Å². The Labute approximate surface area is 99.6 Å². The Morgan fingerprint density at radius 1 is 1.47 bits per heavy atom. The normalized spacial score (nSPS) is 12.2. The van der Waals surface area contributed by atoms with Crippen molar-refractivity contribution in [2.75, 3.05) is 0 Å². The number of carboxylic acid groups (broad SMARTS) is 1. The lowest BCUT2D eigenvalue weighted by Gasteiger charge is -2.09. The number of carbonyl (C=O) groups is 2. The van der Waals surface area contributed by atoms with Crippen LogP contribution in [0.25, 0.3) is 0 Å². The maximum atomic E-state index is 11.9. The molecular formula is C11H17N3O3. The highest BCUT2D eigenvalue weighted by molar-refractivity contribution is 5.98. The number of nitrogens with zero attached hydrogens (tertiary/aromatic N) is 2. The molecule has 1 rings (SSSR count). The number of aliphatic carboxylic acids is 1. The van der Waals surface area contributed by atoms with Gasteiger partial charge in [0.05, 0.1) is 11.3 Å². The number of hydrogen-bond acceptors (Lipinski definition) is 3. The minimum absolute atomic E-state index is 0.394. The highest BCUT2D eigenvalue weighted by atomic mass is 16.4. The molecule has 94 valence electrons. The third-order valence-corrected chi connectivity index (χ3v) is 2.63. The molecule has 2 N–H and O–H groups in total. The van der Waals surface area contributed by atoms with E-state index < -0.39 is 17.9 Å². The summed E-state index contributed by atoms with van der Waals surface area (Å²) in [5.74, 6) is -1.45. The zero-order valence-electron chi connectivity index (χ0n) is 10.4. The standard InChI is InChI=1S/C11H17N3O3/c1-5-14-8(4)9(6(2)13-14)10(15)12-7(3)11(16)17/h7H,5H2,1-4H3,(H,12,15)(H,16,17)/t7-/m0/s1. The van der Waals surface area contributed by atoms with Gasteiger partial charge in [-0.2, -0.15) is 5.10 Å². The third-order valence-electron chi connectivity index (χ3n) is 2.63. The summed E-state index contributed by atoms with van der Waals surface area (Å²) in [6.45, 7) is 7.56. The summed E-state index contributed by atoms with van der Waals surface area (Å²) in [6, 6.07) is -0.911. The van der Waals surface area contributed by atoms with E-state index in [2.05, 4.69) is 10.4 Å². The zero-order valence-corrected chi connectivity index (χ0v) is 10.4. The molecule has 1 atom stereocenters. The molecule has 0 radical (unpaired) electrons. The van der Waals surface area contributed by atoms with Gasteiger partial charge in [-0.05, 0) is 27.7 Å². The first kappa shape index (κ1) is 13.2. The van der Waals surface area contributed by atoms with Gasteiger partial charge >= 0.3 is 5.97 Å². The summed E-state index contributed by atoms with van der Waals surface area (Å²) < 4.78 is 1.72. The summed E-state index contributed by atoms with van der Waals surface area (Å²) in [5, 5.41) is 15.4. The second kappa shape index (κ2) is 4.99. The number of nitrogens with one attached hydrogen (secondary N) is 1. The molecule has 0 unspecified atom stereocenters. The first-order chi connectivity index (χ1) is 7.88. The highest BCUT2D eigenvalue weighted by Gasteiger charge is 2.21. The Morgan fingerprint density at radius 2 is 2.06 bits per heavy atom. The molecule has 1 heterocycles. The smallest absolute Gasteiger partial charge is 0.325 e. The molecular weight excluding hydrogens is 222 g/mol. The molecule has 1 aromatic heterocycles. The quantitative estimate of drug-likeness (QED) is 0.811. The summed E-state index contributed by atoms with van der Waals surface area (Å²) in [5.41, 5.74) is 1.82. The number of aryl methyl sites for hydroxylation is 2. The lowest BCUT2D eigenvalue weighted by atomic mass is 10.1. The van der Waals surface area contributed by atoms with Gasteiger partial charge in [0.15, 0.2) is 0 Å². The van der Waals surface area contributed by atoms with Gasteiger partial charge in [0.25, 0.3) is 5.91 Å². The van der Waals surface area contributed by atoms with Gasteiger partial charge in [-0.25, -0.2) is 0 Å². The predicted molar refractivity (Wildman–Crippen MR) is 61.9 cm³/mol. The van der Waals surface area contributed by atoms with Crippen LogP contribution in [-0.4, -0.2) is 32.8 Å². The van der Waals surface area contributed by atoms with Gasteiger partial charge in [0.2, 0.25) is 0 Å². The van der Waals surface area contributed by atoms with Crippen molar-refractivity contribution in [1.29, 1.82) is 0 Å². The zero-order chi connectivity index (χ0) is 13.2. The van der Waals surface area contributed by atoms with Crippen molar-refractivity contribution in [3.63, 3.8) is 0 Å². The molecule has 6 heteroatoms. The molecule has 0 aromatic carbocycles. The van der Waals surface area contributed by atoms with Crippen LogP contribution < -0.4 is 5.32 Å². The Morgan fingerprint density at radius 3 is 2.47 bits per heavy atom. The van der Waals surface area contributed by atoms with Crippen LogP contribution in [-0.2, 0) is 11.3 Å². The first-order valence-electron chi connectivity index (χ1n) is 5.46. The van der Waals surface area contributed by atoms with E-state index in [0.29, 0.717) is 17.8 Å². The van der Waals surface area contributed by atoms with E-state index in [9.17, 15) is 9.59 Å². The first-order valence-corrected chi connectivity index (χ1v) is 5.46. The number of aromatic nitrogens is 2. The maximum Gasteiger partial charge on any atom is 0.325 e. The van der Waals surface area contributed by atoms with Gasteiger partial charge in [-0.1, -0.05) is 0 Å². The predicted octanol–water partition coefficient (Wildman–Crippen LogP) is 0.723. The SMILES string of the molecule is CCn1nc(C)c(C(=O)N[C@@H](C)C(=O)O)c1C. The molecule has 0 aliphatic rings. The monoisotopic (exact) mass is 239 g/mol. The molecule has 0 bridgehead atoms. The second-order valence-corrected chi connectivity index (χ2v) is 3.89. The fourth-order valence-corrected chi connectivity index (χ4v) is 1.66. The second-order valence-electron chi connectivity index (χ2n) is 3.89. The lowest BCUT2D eigenvalue weighted by Crippen LogP contribution is -2.38. The average Bonchev–Trinajstić information content (AvgIpc) is 2.53. The van der Waals surface area contributed by atoms with E-state index >= 15 is 0 Å². The molecule has 17 heavy (non-hydrogen) atoms. The Hall–Kier alpha value is -1.85. The van der Waals surface area contributed by atoms with Crippen LogP contribution in [0, 0.1) is 13.8 Å². The van der Waals surface area contributed by atoms with Gasteiger partial charge in [-0.3, -0.25) is 14.3 Å². The van der Waals surface area contributed by atoms with Crippen LogP contribution in [0.2, 0.25) is 0 Å². The van der Waals surface area contributed by atoms with Gasteiger partial charge in [0, 0.05) is 12.2 Å². The van der Waals surface area contributed by atoms with Crippen LogP contribution in [0.3, 0.4) is 0 Å². The van der Waals surface area contributed by atoms with Crippen LogP contribution >= 0.6 is 0 Å². The average molecular weight is 239 g/mol. The molecule has 0 spiro atoms. The number of amides is 1. The van der Waals surface area contributed by atoms with Crippen molar-refractivity contribution in [2.24, 2.45) is 0 Å². The minimum Gasteiger partial charge on any atom is -0.480 e. The molecule has 1 amide bonds. The van der Waals surface area contributed by atoms with Crippen LogP contribution in [0.5, 0.6) is 0 Å². The van der Waals surface area contributed by atoms with Gasteiger partial charge in [0.1, 0.15) is 6.04 Å². The molecule has 1 aromatic rings. The van der Waals surface area contributed by atoms with E-state index in [1.54, 1.807) is 18.5 Å². The molecule has 0 aliphatic heterocycles. The fraction of sp³-hybridized carbons (Fsp3) is 0.545. The molecule has 6 nitrogen and oxygen atoms in total. The van der Waals surface area contributed by atoms with Crippen LogP contribution in [0.1, 0.15) is 35.6 Å². The highest BCUT2D eigenvalue weighted by Crippen LogP contribution is 2.12. The molecule has 0 saturated heterocycles. The Balaban J connectivity index is 2.97. The van der Waals surface area contributed by atoms with Crippen LogP contribution in [0.4, 0.5) is 0 Å². The number of rotatable bonds is 4. The number of hydrogen-bond donors (Lipinski definition) is 2. The summed E-state index contributed by atoms with van der Waals surface area (Å²) in [4.78, 5) is 22.6. The van der Waals surface area contributed by atoms with E-state index in [4.69, 9.17) is 5.11 Å². The topological polar surface area (TPSA) is 84.2 Å². The van der Waals surface area contributed by atoms with E-state index in [-0.39, 0.29) is 0 Å². The molecule has 0 saturated carbocycles. The van der Waals surface area contributed by atoms with Crippen LogP contribution in [0.15, 0.2) is 0 Å². The largest absolute Gasteiger partial charge is 0.480 e. The number of carbonyl (C=O) groups excluding carboxylic acids is 1. The van der Waals surface area contributed by atoms with Crippen molar-refractivity contribution < 1.29 is 14.7 Å². The molecule has 0 fully saturated rings. The van der Waals surface area contributed by atoms with Crippen molar-refractivity contribution in [3.8, 4) is 0 Å². The van der Waals surface area contributed by atoms with Crippen molar-refractivity contribution in [2.45, 2.75) is 40.3 Å².